The molecule has 1 heterocycles. The van der Waals surface area contributed by atoms with E-state index in [0.29, 0.717) is 19.6 Å². The third kappa shape index (κ3) is 2.88. The summed E-state index contributed by atoms with van der Waals surface area (Å²) in [6, 6.07) is 1.55. The van der Waals surface area contributed by atoms with E-state index >= 15 is 0 Å². The number of anilines is 1. The van der Waals surface area contributed by atoms with Gasteiger partial charge in [0, 0.05) is 26.7 Å². The second-order valence-corrected chi connectivity index (χ2v) is 4.66. The molecule has 0 amide bonds. The Bertz CT molecular complexity index is 492. The normalized spacial score (nSPS) is 21.9. The maximum absolute atomic E-state index is 13.7. The van der Waals surface area contributed by atoms with Gasteiger partial charge in [0.1, 0.15) is 22.9 Å². The molecule has 1 aromatic carbocycles. The molecule has 2 N–H and O–H groups in total. The molecule has 1 aliphatic rings. The lowest BCUT2D eigenvalue weighted by Gasteiger charge is -2.26. The summed E-state index contributed by atoms with van der Waals surface area (Å²) in [6.07, 6.45) is 0.618. The van der Waals surface area contributed by atoms with Gasteiger partial charge in [-0.1, -0.05) is 0 Å². The number of hydrogen-bond donors (Lipinski definition) is 2. The van der Waals surface area contributed by atoms with Crippen LogP contribution in [0.5, 0.6) is 0 Å². The van der Waals surface area contributed by atoms with E-state index in [2.05, 4.69) is 5.32 Å². The highest BCUT2D eigenvalue weighted by Crippen LogP contribution is 2.26. The van der Waals surface area contributed by atoms with E-state index in [1.165, 1.54) is 7.11 Å². The molecule has 1 atom stereocenters. The highest BCUT2D eigenvalue weighted by atomic mass is 19.1. The summed E-state index contributed by atoms with van der Waals surface area (Å²) < 4.78 is 38.0. The van der Waals surface area contributed by atoms with Crippen molar-refractivity contribution in [1.82, 2.24) is 0 Å². The highest BCUT2D eigenvalue weighted by molar-refractivity contribution is 5.88. The third-order valence-corrected chi connectivity index (χ3v) is 3.38. The molecule has 1 saturated heterocycles. The number of hydrogen-bond acceptors (Lipinski definition) is 4. The topological polar surface area (TPSA) is 67.8 Å². The first-order valence-corrected chi connectivity index (χ1v) is 6.06. The second kappa shape index (κ2) is 5.72. The Hall–Kier alpha value is -1.73. The molecular formula is C13H15F2NO4. The van der Waals surface area contributed by atoms with Crippen LogP contribution in [0.2, 0.25) is 0 Å². The first-order valence-electron chi connectivity index (χ1n) is 6.06. The average Bonchev–Trinajstić information content (AvgIpc) is 2.87. The number of aromatic carboxylic acids is 1. The first kappa shape index (κ1) is 14.7. The average molecular weight is 287 g/mol. The number of carbonyl (C=O) groups is 1. The van der Waals surface area contributed by atoms with Crippen molar-refractivity contribution in [2.75, 3.05) is 32.2 Å². The molecule has 0 bridgehead atoms. The Morgan fingerprint density at radius 3 is 2.60 bits per heavy atom. The molecule has 0 aliphatic carbocycles. The predicted octanol–water partition coefficient (Wildman–Crippen LogP) is 1.88. The van der Waals surface area contributed by atoms with Gasteiger partial charge in [-0.15, -0.1) is 0 Å². The summed E-state index contributed by atoms with van der Waals surface area (Å²) in [6.45, 7) is 1.04. The fourth-order valence-corrected chi connectivity index (χ4v) is 2.08. The van der Waals surface area contributed by atoms with E-state index in [9.17, 15) is 13.6 Å². The lowest BCUT2D eigenvalue weighted by Crippen LogP contribution is -2.39. The summed E-state index contributed by atoms with van der Waals surface area (Å²) in [5.41, 5.74) is -1.42. The van der Waals surface area contributed by atoms with E-state index in [1.807, 2.05) is 0 Å². The lowest BCUT2D eigenvalue weighted by atomic mass is 10.0. The zero-order valence-corrected chi connectivity index (χ0v) is 10.9. The molecule has 1 fully saturated rings. The van der Waals surface area contributed by atoms with Gasteiger partial charge in [0.05, 0.1) is 12.2 Å². The molecule has 2 rings (SSSR count). The van der Waals surface area contributed by atoms with Gasteiger partial charge >= 0.3 is 5.97 Å². The van der Waals surface area contributed by atoms with Gasteiger partial charge in [-0.3, -0.25) is 0 Å². The van der Waals surface area contributed by atoms with Crippen molar-refractivity contribution in [3.63, 3.8) is 0 Å². The van der Waals surface area contributed by atoms with Gasteiger partial charge < -0.3 is 19.9 Å². The van der Waals surface area contributed by atoms with Crippen molar-refractivity contribution in [2.24, 2.45) is 0 Å². The van der Waals surface area contributed by atoms with E-state index in [1.54, 1.807) is 0 Å². The van der Waals surface area contributed by atoms with Gasteiger partial charge in [-0.05, 0) is 12.1 Å². The Morgan fingerprint density at radius 2 is 2.15 bits per heavy atom. The Labute approximate surface area is 114 Å². The van der Waals surface area contributed by atoms with Gasteiger partial charge in [-0.25, -0.2) is 13.6 Å². The van der Waals surface area contributed by atoms with Crippen LogP contribution in [0.25, 0.3) is 0 Å². The monoisotopic (exact) mass is 287 g/mol. The molecule has 0 saturated carbocycles. The minimum Gasteiger partial charge on any atom is -0.478 e. The van der Waals surface area contributed by atoms with Gasteiger partial charge in [-0.2, -0.15) is 0 Å². The number of carboxylic acid groups (broad SMARTS) is 1. The number of rotatable bonds is 5. The van der Waals surface area contributed by atoms with E-state index in [-0.39, 0.29) is 12.2 Å². The number of halogens is 2. The molecule has 5 nitrogen and oxygen atoms in total. The summed E-state index contributed by atoms with van der Waals surface area (Å²) in [4.78, 5) is 10.7. The first-order chi connectivity index (χ1) is 9.47. The molecular weight excluding hydrogens is 272 g/mol. The van der Waals surface area contributed by atoms with Crippen LogP contribution in [0.4, 0.5) is 14.5 Å². The summed E-state index contributed by atoms with van der Waals surface area (Å²) >= 11 is 0. The van der Waals surface area contributed by atoms with Gasteiger partial charge in [0.2, 0.25) is 0 Å². The number of carboxylic acids is 1. The summed E-state index contributed by atoms with van der Waals surface area (Å²) in [7, 11) is 1.51. The summed E-state index contributed by atoms with van der Waals surface area (Å²) in [5.74, 6) is -3.29. The van der Waals surface area contributed by atoms with E-state index < -0.39 is 28.8 Å². The molecule has 0 radical (unpaired) electrons. The molecule has 1 unspecified atom stereocenters. The van der Waals surface area contributed by atoms with Gasteiger partial charge in [0.15, 0.2) is 0 Å². The molecule has 0 aromatic heterocycles. The number of benzene rings is 1. The highest BCUT2D eigenvalue weighted by Gasteiger charge is 2.35. The van der Waals surface area contributed by atoms with Gasteiger partial charge in [0.25, 0.3) is 0 Å². The van der Waals surface area contributed by atoms with Crippen LogP contribution in [0.1, 0.15) is 16.8 Å². The Kier molecular flexibility index (Phi) is 4.20. The maximum atomic E-state index is 13.7. The quantitative estimate of drug-likeness (QED) is 0.865. The minimum atomic E-state index is -1.38. The van der Waals surface area contributed by atoms with Crippen LogP contribution in [0.3, 0.4) is 0 Å². The Balaban J connectivity index is 2.15. The molecule has 1 aromatic rings. The molecule has 0 spiro atoms. The number of ether oxygens (including phenoxy) is 2. The zero-order chi connectivity index (χ0) is 14.8. The zero-order valence-electron chi connectivity index (χ0n) is 10.9. The number of methoxy groups -OCH3 is 1. The van der Waals surface area contributed by atoms with Crippen molar-refractivity contribution in [3.05, 3.63) is 29.3 Å². The third-order valence-electron chi connectivity index (χ3n) is 3.38. The largest absolute Gasteiger partial charge is 0.478 e. The number of nitrogens with one attached hydrogen (secondary N) is 1. The van der Waals surface area contributed by atoms with Crippen LogP contribution in [0, 0.1) is 11.6 Å². The van der Waals surface area contributed by atoms with Crippen LogP contribution in [-0.4, -0.2) is 43.5 Å². The second-order valence-electron chi connectivity index (χ2n) is 4.66. The fourth-order valence-electron chi connectivity index (χ4n) is 2.08. The van der Waals surface area contributed by atoms with Crippen LogP contribution in [0.15, 0.2) is 12.1 Å². The Morgan fingerprint density at radius 1 is 1.50 bits per heavy atom. The van der Waals surface area contributed by atoms with E-state index in [0.717, 1.165) is 12.1 Å². The molecule has 110 valence electrons. The molecule has 1 aliphatic heterocycles. The van der Waals surface area contributed by atoms with Crippen molar-refractivity contribution in [2.45, 2.75) is 12.0 Å². The fraction of sp³-hybridized carbons (Fsp3) is 0.462. The van der Waals surface area contributed by atoms with E-state index in [4.69, 9.17) is 14.6 Å². The van der Waals surface area contributed by atoms with Crippen LogP contribution in [-0.2, 0) is 9.47 Å². The summed E-state index contributed by atoms with van der Waals surface area (Å²) in [5, 5.41) is 11.3. The lowest BCUT2D eigenvalue weighted by molar-refractivity contribution is -0.00628. The van der Waals surface area contributed by atoms with Crippen molar-refractivity contribution in [1.29, 1.82) is 0 Å². The van der Waals surface area contributed by atoms with Crippen molar-refractivity contribution >= 4 is 11.7 Å². The van der Waals surface area contributed by atoms with Crippen LogP contribution < -0.4 is 5.32 Å². The smallest absolute Gasteiger partial charge is 0.335 e. The SMILES string of the molecule is COC1(CNc2c(F)cc(C(=O)O)cc2F)CCOC1. The predicted molar refractivity (Wildman–Crippen MR) is 67.0 cm³/mol. The molecule has 20 heavy (non-hydrogen) atoms. The van der Waals surface area contributed by atoms with Crippen LogP contribution >= 0.6 is 0 Å². The van der Waals surface area contributed by atoms with Crippen molar-refractivity contribution in [3.8, 4) is 0 Å². The van der Waals surface area contributed by atoms with Crippen molar-refractivity contribution < 1.29 is 28.2 Å². The minimum absolute atomic E-state index is 0.170. The standard InChI is InChI=1S/C13H15F2NO4/c1-19-13(2-3-20-7-13)6-16-11-9(14)4-8(12(17)18)5-10(11)15/h4-5,16H,2-3,6-7H2,1H3,(H,17,18). The molecule has 7 heteroatoms. The maximum Gasteiger partial charge on any atom is 0.335 e.